The molecule has 0 nitrogen and oxygen atoms in total. The normalized spacial score (nSPS) is 25.2. The zero-order chi connectivity index (χ0) is 11.8. The van der Waals surface area contributed by atoms with Gasteiger partial charge in [0.05, 0.1) is 0 Å². The first-order valence-corrected chi connectivity index (χ1v) is 6.53. The van der Waals surface area contributed by atoms with Gasteiger partial charge < -0.3 is 0 Å². The Balaban J connectivity index is 2.03. The van der Waals surface area contributed by atoms with Crippen molar-refractivity contribution in [3.05, 3.63) is 35.4 Å². The van der Waals surface area contributed by atoms with Gasteiger partial charge in [0.15, 0.2) is 0 Å². The van der Waals surface area contributed by atoms with E-state index in [4.69, 9.17) is 0 Å². The van der Waals surface area contributed by atoms with Gasteiger partial charge in [-0.3, -0.25) is 0 Å². The molecule has 0 saturated heterocycles. The molecule has 1 saturated carbocycles. The molecule has 0 atom stereocenters. The van der Waals surface area contributed by atoms with Crippen molar-refractivity contribution in [3.63, 3.8) is 0 Å². The van der Waals surface area contributed by atoms with Crippen LogP contribution in [0.4, 0.5) is 0 Å². The van der Waals surface area contributed by atoms with Gasteiger partial charge in [0.2, 0.25) is 0 Å². The molecule has 0 bridgehead atoms. The van der Waals surface area contributed by atoms with Gasteiger partial charge in [0.25, 0.3) is 0 Å². The first-order valence-electron chi connectivity index (χ1n) is 6.53. The van der Waals surface area contributed by atoms with Crippen LogP contribution in [-0.4, -0.2) is 0 Å². The Morgan fingerprint density at radius 3 is 2.50 bits per heavy atom. The third-order valence-electron chi connectivity index (χ3n) is 4.22. The second-order valence-electron chi connectivity index (χ2n) is 6.43. The highest BCUT2D eigenvalue weighted by Crippen LogP contribution is 2.46. The standard InChI is InChI=1S/C16H24/c1-12-6-5-7-14(8-12)11-16(3,4)15-9-13(2)10-15/h5-8,13,15H,9-11H2,1-4H3. The molecule has 2 rings (SSSR count). The predicted octanol–water partition coefficient (Wildman–Crippen LogP) is 4.61. The molecule has 88 valence electrons. The highest BCUT2D eigenvalue weighted by molar-refractivity contribution is 5.23. The lowest BCUT2D eigenvalue weighted by Gasteiger charge is -2.44. The highest BCUT2D eigenvalue weighted by atomic mass is 14.4. The molecule has 1 fully saturated rings. The van der Waals surface area contributed by atoms with E-state index in [-0.39, 0.29) is 0 Å². The predicted molar refractivity (Wildman–Crippen MR) is 70.6 cm³/mol. The first kappa shape index (κ1) is 11.7. The second kappa shape index (κ2) is 4.24. The molecule has 0 aliphatic heterocycles. The lowest BCUT2D eigenvalue weighted by Crippen LogP contribution is -2.36. The summed E-state index contributed by atoms with van der Waals surface area (Å²) >= 11 is 0. The molecule has 1 aromatic carbocycles. The monoisotopic (exact) mass is 216 g/mol. The van der Waals surface area contributed by atoms with E-state index >= 15 is 0 Å². The Bertz CT molecular complexity index is 356. The summed E-state index contributed by atoms with van der Waals surface area (Å²) < 4.78 is 0. The van der Waals surface area contributed by atoms with E-state index in [9.17, 15) is 0 Å². The molecular formula is C16H24. The molecule has 0 heterocycles. The Kier molecular flexibility index (Phi) is 3.10. The summed E-state index contributed by atoms with van der Waals surface area (Å²) in [6.07, 6.45) is 4.09. The minimum absolute atomic E-state index is 0.473. The average molecular weight is 216 g/mol. The molecule has 0 aromatic heterocycles. The van der Waals surface area contributed by atoms with Crippen molar-refractivity contribution in [2.24, 2.45) is 17.3 Å². The molecule has 0 spiro atoms. The van der Waals surface area contributed by atoms with Gasteiger partial charge in [-0.2, -0.15) is 0 Å². The summed E-state index contributed by atoms with van der Waals surface area (Å²) in [6.45, 7) is 9.43. The fraction of sp³-hybridized carbons (Fsp3) is 0.625. The molecule has 0 amide bonds. The van der Waals surface area contributed by atoms with E-state index in [1.165, 1.54) is 30.4 Å². The van der Waals surface area contributed by atoms with Crippen LogP contribution in [0.1, 0.15) is 44.7 Å². The Labute approximate surface area is 100 Å². The fourth-order valence-electron chi connectivity index (χ4n) is 3.03. The fourth-order valence-corrected chi connectivity index (χ4v) is 3.03. The van der Waals surface area contributed by atoms with Crippen LogP contribution in [-0.2, 0) is 6.42 Å². The molecule has 0 N–H and O–H groups in total. The van der Waals surface area contributed by atoms with E-state index in [2.05, 4.69) is 52.0 Å². The van der Waals surface area contributed by atoms with Crippen LogP contribution in [0.2, 0.25) is 0 Å². The Morgan fingerprint density at radius 2 is 1.94 bits per heavy atom. The van der Waals surface area contributed by atoms with Crippen LogP contribution in [0.15, 0.2) is 24.3 Å². The number of rotatable bonds is 3. The van der Waals surface area contributed by atoms with Crippen LogP contribution in [0.25, 0.3) is 0 Å². The van der Waals surface area contributed by atoms with Crippen molar-refractivity contribution >= 4 is 0 Å². The molecule has 1 aromatic rings. The van der Waals surface area contributed by atoms with Crippen molar-refractivity contribution in [1.82, 2.24) is 0 Å². The largest absolute Gasteiger partial charge is 0.0625 e. The number of aryl methyl sites for hydroxylation is 1. The van der Waals surface area contributed by atoms with Crippen molar-refractivity contribution in [2.45, 2.75) is 47.0 Å². The molecule has 0 radical (unpaired) electrons. The van der Waals surface area contributed by atoms with Gasteiger partial charge in [0.1, 0.15) is 0 Å². The van der Waals surface area contributed by atoms with Gasteiger partial charge in [-0.15, -0.1) is 0 Å². The van der Waals surface area contributed by atoms with Crippen molar-refractivity contribution < 1.29 is 0 Å². The third-order valence-corrected chi connectivity index (χ3v) is 4.22. The van der Waals surface area contributed by atoms with Gasteiger partial charge in [-0.05, 0) is 49.0 Å². The van der Waals surface area contributed by atoms with E-state index < -0.39 is 0 Å². The maximum atomic E-state index is 2.44. The Hall–Kier alpha value is -0.780. The third kappa shape index (κ3) is 2.48. The molecular weight excluding hydrogens is 192 g/mol. The molecule has 16 heavy (non-hydrogen) atoms. The quantitative estimate of drug-likeness (QED) is 0.692. The van der Waals surface area contributed by atoms with Gasteiger partial charge in [0, 0.05) is 0 Å². The lowest BCUT2D eigenvalue weighted by atomic mass is 9.61. The van der Waals surface area contributed by atoms with E-state index in [0.717, 1.165) is 11.8 Å². The highest BCUT2D eigenvalue weighted by Gasteiger charge is 2.37. The van der Waals surface area contributed by atoms with Gasteiger partial charge in [-0.1, -0.05) is 50.6 Å². The zero-order valence-corrected chi connectivity index (χ0v) is 11.1. The topological polar surface area (TPSA) is 0 Å². The van der Waals surface area contributed by atoms with Crippen molar-refractivity contribution in [3.8, 4) is 0 Å². The minimum Gasteiger partial charge on any atom is -0.0625 e. The molecule has 1 aliphatic rings. The lowest BCUT2D eigenvalue weighted by molar-refractivity contribution is 0.0716. The first-order chi connectivity index (χ1) is 7.47. The smallest absolute Gasteiger partial charge is 0.0224 e. The maximum Gasteiger partial charge on any atom is -0.0224 e. The summed E-state index contributed by atoms with van der Waals surface area (Å²) in [7, 11) is 0. The summed E-state index contributed by atoms with van der Waals surface area (Å²) in [5.41, 5.74) is 3.36. The van der Waals surface area contributed by atoms with Crippen LogP contribution in [0.5, 0.6) is 0 Å². The van der Waals surface area contributed by atoms with Crippen LogP contribution >= 0.6 is 0 Å². The minimum atomic E-state index is 0.473. The average Bonchev–Trinajstić information content (AvgIpc) is 2.12. The number of hydrogen-bond donors (Lipinski definition) is 0. The van der Waals surface area contributed by atoms with Crippen molar-refractivity contribution in [2.75, 3.05) is 0 Å². The van der Waals surface area contributed by atoms with Crippen LogP contribution in [0, 0.1) is 24.2 Å². The maximum absolute atomic E-state index is 2.44. The Morgan fingerprint density at radius 1 is 1.25 bits per heavy atom. The van der Waals surface area contributed by atoms with Gasteiger partial charge >= 0.3 is 0 Å². The summed E-state index contributed by atoms with van der Waals surface area (Å²) in [4.78, 5) is 0. The summed E-state index contributed by atoms with van der Waals surface area (Å²) in [5.74, 6) is 1.89. The zero-order valence-electron chi connectivity index (χ0n) is 11.1. The van der Waals surface area contributed by atoms with E-state index in [1.807, 2.05) is 0 Å². The van der Waals surface area contributed by atoms with Crippen molar-refractivity contribution in [1.29, 1.82) is 0 Å². The SMILES string of the molecule is Cc1cccc(CC(C)(C)C2CC(C)C2)c1. The van der Waals surface area contributed by atoms with Crippen LogP contribution in [0.3, 0.4) is 0 Å². The summed E-state index contributed by atoms with van der Waals surface area (Å²) in [5, 5.41) is 0. The molecule has 1 aliphatic carbocycles. The van der Waals surface area contributed by atoms with E-state index in [1.54, 1.807) is 0 Å². The van der Waals surface area contributed by atoms with E-state index in [0.29, 0.717) is 5.41 Å². The molecule has 0 unspecified atom stereocenters. The molecule has 0 heteroatoms. The second-order valence-corrected chi connectivity index (χ2v) is 6.43. The number of hydrogen-bond acceptors (Lipinski definition) is 0. The van der Waals surface area contributed by atoms with Crippen LogP contribution < -0.4 is 0 Å². The number of benzene rings is 1. The summed E-state index contributed by atoms with van der Waals surface area (Å²) in [6, 6.07) is 8.98. The van der Waals surface area contributed by atoms with Gasteiger partial charge in [-0.25, -0.2) is 0 Å².